The van der Waals surface area contributed by atoms with Gasteiger partial charge >= 0.3 is 0 Å². The largest absolute Gasteiger partial charge is 0.493 e. The Bertz CT molecular complexity index is 1210. The van der Waals surface area contributed by atoms with Crippen LogP contribution >= 0.6 is 12.2 Å². The van der Waals surface area contributed by atoms with Crippen LogP contribution in [0.5, 0.6) is 11.5 Å². The standard InChI is InChI=1S/C23H26N4O3S/c1-15-21(28)27(22(31)26-25-15)24-13-17-8-11-19(20(12-17)29-5)30-14-16-6-9-18(10-7-16)23(2,3)4/h6-13H,14H2,1-5H3,(H,26,31)/b24-13-. The van der Waals surface area contributed by atoms with Gasteiger partial charge in [0.25, 0.3) is 5.56 Å². The lowest BCUT2D eigenvalue weighted by Gasteiger charge is -2.19. The normalized spacial score (nSPS) is 11.6. The number of aromatic amines is 1. The lowest BCUT2D eigenvalue weighted by molar-refractivity contribution is 0.284. The zero-order chi connectivity index (χ0) is 22.6. The van der Waals surface area contributed by atoms with Gasteiger partial charge in [0, 0.05) is 0 Å². The molecule has 0 fully saturated rings. The fraction of sp³-hybridized carbons (Fsp3) is 0.304. The maximum atomic E-state index is 12.1. The lowest BCUT2D eigenvalue weighted by Crippen LogP contribution is -2.22. The number of H-pyrrole nitrogens is 1. The van der Waals surface area contributed by atoms with Crippen LogP contribution in [0.15, 0.2) is 52.4 Å². The summed E-state index contributed by atoms with van der Waals surface area (Å²) >= 11 is 5.08. The van der Waals surface area contributed by atoms with Crippen molar-refractivity contribution in [2.45, 2.75) is 39.7 Å². The second-order valence-electron chi connectivity index (χ2n) is 8.12. The van der Waals surface area contributed by atoms with Crippen LogP contribution in [0.3, 0.4) is 0 Å². The minimum absolute atomic E-state index is 0.115. The Morgan fingerprint density at radius 2 is 1.87 bits per heavy atom. The van der Waals surface area contributed by atoms with Crippen LogP contribution in [0.25, 0.3) is 0 Å². The Kier molecular flexibility index (Phi) is 6.70. The van der Waals surface area contributed by atoms with Gasteiger partial charge in [0.1, 0.15) is 12.3 Å². The Labute approximate surface area is 186 Å². The molecule has 0 aliphatic rings. The van der Waals surface area contributed by atoms with Crippen molar-refractivity contribution < 1.29 is 9.47 Å². The van der Waals surface area contributed by atoms with Crippen LogP contribution in [0, 0.1) is 11.7 Å². The number of hydrogen-bond acceptors (Lipinski definition) is 6. The highest BCUT2D eigenvalue weighted by atomic mass is 32.1. The fourth-order valence-corrected chi connectivity index (χ4v) is 3.02. The van der Waals surface area contributed by atoms with Gasteiger partial charge in [0.2, 0.25) is 4.77 Å². The van der Waals surface area contributed by atoms with E-state index >= 15 is 0 Å². The van der Waals surface area contributed by atoms with Gasteiger partial charge in [-0.1, -0.05) is 45.0 Å². The first kappa shape index (κ1) is 22.4. The highest BCUT2D eigenvalue weighted by Gasteiger charge is 2.13. The van der Waals surface area contributed by atoms with E-state index in [1.807, 2.05) is 12.1 Å². The van der Waals surface area contributed by atoms with E-state index in [9.17, 15) is 4.79 Å². The predicted octanol–water partition coefficient (Wildman–Crippen LogP) is 4.38. The number of nitrogens with one attached hydrogen (secondary N) is 1. The lowest BCUT2D eigenvalue weighted by atomic mass is 9.87. The zero-order valence-electron chi connectivity index (χ0n) is 18.3. The van der Waals surface area contributed by atoms with Crippen LogP contribution in [0.1, 0.15) is 43.2 Å². The molecular weight excluding hydrogens is 412 g/mol. The highest BCUT2D eigenvalue weighted by molar-refractivity contribution is 7.71. The Morgan fingerprint density at radius 3 is 2.52 bits per heavy atom. The molecule has 3 rings (SSSR count). The van der Waals surface area contributed by atoms with E-state index < -0.39 is 0 Å². The Morgan fingerprint density at radius 1 is 1.16 bits per heavy atom. The first-order chi connectivity index (χ1) is 14.7. The van der Waals surface area contributed by atoms with E-state index in [0.29, 0.717) is 18.1 Å². The molecule has 7 nitrogen and oxygen atoms in total. The summed E-state index contributed by atoms with van der Waals surface area (Å²) in [7, 11) is 1.58. The fourth-order valence-electron chi connectivity index (χ4n) is 2.85. The second kappa shape index (κ2) is 9.26. The summed E-state index contributed by atoms with van der Waals surface area (Å²) in [6.45, 7) is 8.58. The number of benzene rings is 2. The number of hydrogen-bond donors (Lipinski definition) is 1. The molecule has 0 spiro atoms. The van der Waals surface area contributed by atoms with Crippen LogP contribution < -0.4 is 15.0 Å². The van der Waals surface area contributed by atoms with E-state index in [1.54, 1.807) is 20.1 Å². The smallest absolute Gasteiger partial charge is 0.296 e. The summed E-state index contributed by atoms with van der Waals surface area (Å²) in [5.74, 6) is 1.19. The number of aryl methyl sites for hydroxylation is 1. The molecule has 0 aliphatic carbocycles. The SMILES string of the molecule is COc1cc(/C=N\n2c(=S)[nH]nc(C)c2=O)ccc1OCc1ccc(C(C)(C)C)cc1. The summed E-state index contributed by atoms with van der Waals surface area (Å²) in [5, 5.41) is 10.6. The predicted molar refractivity (Wildman–Crippen MR) is 124 cm³/mol. The molecule has 2 aromatic carbocycles. The van der Waals surface area contributed by atoms with E-state index in [-0.39, 0.29) is 21.4 Å². The molecule has 1 heterocycles. The molecular formula is C23H26N4O3S. The summed E-state index contributed by atoms with van der Waals surface area (Å²) in [6.07, 6.45) is 1.53. The Balaban J connectivity index is 1.75. The van der Waals surface area contributed by atoms with E-state index in [2.05, 4.69) is 60.3 Å². The van der Waals surface area contributed by atoms with E-state index in [1.165, 1.54) is 11.8 Å². The molecule has 0 saturated heterocycles. The first-order valence-corrected chi connectivity index (χ1v) is 10.2. The average molecular weight is 439 g/mol. The third-order valence-corrected chi connectivity index (χ3v) is 5.00. The number of methoxy groups -OCH3 is 1. The molecule has 8 heteroatoms. The van der Waals surface area contributed by atoms with Crippen molar-refractivity contribution in [2.75, 3.05) is 7.11 Å². The Hall–Kier alpha value is -3.26. The van der Waals surface area contributed by atoms with Crippen LogP contribution in [0.2, 0.25) is 0 Å². The van der Waals surface area contributed by atoms with Gasteiger partial charge < -0.3 is 9.47 Å². The zero-order valence-corrected chi connectivity index (χ0v) is 19.1. The van der Waals surface area contributed by atoms with Crippen LogP contribution in [0.4, 0.5) is 0 Å². The summed E-state index contributed by atoms with van der Waals surface area (Å²) < 4.78 is 12.6. The summed E-state index contributed by atoms with van der Waals surface area (Å²) in [5.41, 5.74) is 3.11. The van der Waals surface area contributed by atoms with Gasteiger partial charge in [-0.25, -0.2) is 0 Å². The quantitative estimate of drug-likeness (QED) is 0.456. The molecule has 0 atom stereocenters. The average Bonchev–Trinajstić information content (AvgIpc) is 2.75. The number of ether oxygens (including phenoxy) is 2. The molecule has 3 aromatic rings. The van der Waals surface area contributed by atoms with Crippen molar-refractivity contribution in [2.24, 2.45) is 5.10 Å². The van der Waals surface area contributed by atoms with Gasteiger partial charge in [0.15, 0.2) is 11.5 Å². The summed E-state index contributed by atoms with van der Waals surface area (Å²) in [4.78, 5) is 12.1. The number of nitrogens with zero attached hydrogens (tertiary/aromatic N) is 3. The third kappa shape index (κ3) is 5.46. The maximum absolute atomic E-state index is 12.1. The maximum Gasteiger partial charge on any atom is 0.296 e. The van der Waals surface area contributed by atoms with Crippen LogP contribution in [-0.4, -0.2) is 28.2 Å². The van der Waals surface area contributed by atoms with Gasteiger partial charge in [-0.2, -0.15) is 14.9 Å². The van der Waals surface area contributed by atoms with E-state index in [0.717, 1.165) is 15.8 Å². The van der Waals surface area contributed by atoms with E-state index in [4.69, 9.17) is 21.7 Å². The topological polar surface area (TPSA) is 81.5 Å². The monoisotopic (exact) mass is 438 g/mol. The molecule has 31 heavy (non-hydrogen) atoms. The van der Waals surface area contributed by atoms with Gasteiger partial charge in [-0.05, 0) is 59.4 Å². The molecule has 1 N–H and O–H groups in total. The number of rotatable bonds is 6. The second-order valence-corrected chi connectivity index (χ2v) is 8.51. The molecule has 0 saturated carbocycles. The molecule has 0 unspecified atom stereocenters. The van der Waals surface area contributed by atoms with Gasteiger partial charge in [0.05, 0.1) is 13.3 Å². The molecule has 0 bridgehead atoms. The molecule has 162 valence electrons. The first-order valence-electron chi connectivity index (χ1n) is 9.82. The van der Waals surface area contributed by atoms with Crippen molar-refractivity contribution in [3.63, 3.8) is 0 Å². The minimum atomic E-state index is -0.371. The molecule has 0 amide bonds. The van der Waals surface area contributed by atoms with Crippen LogP contribution in [-0.2, 0) is 12.0 Å². The molecule has 1 aromatic heterocycles. The minimum Gasteiger partial charge on any atom is -0.493 e. The molecule has 0 radical (unpaired) electrons. The van der Waals surface area contributed by atoms with Crippen molar-refractivity contribution in [3.8, 4) is 11.5 Å². The van der Waals surface area contributed by atoms with Crippen molar-refractivity contribution in [1.82, 2.24) is 14.9 Å². The van der Waals surface area contributed by atoms with Crippen molar-refractivity contribution in [1.29, 1.82) is 0 Å². The third-order valence-electron chi connectivity index (χ3n) is 4.74. The van der Waals surface area contributed by atoms with Crippen molar-refractivity contribution >= 4 is 18.4 Å². The summed E-state index contributed by atoms with van der Waals surface area (Å²) in [6, 6.07) is 13.8. The van der Waals surface area contributed by atoms with Gasteiger partial charge in [-0.3, -0.25) is 9.89 Å². The highest BCUT2D eigenvalue weighted by Crippen LogP contribution is 2.29. The number of aromatic nitrogens is 3. The molecule has 0 aliphatic heterocycles. The van der Waals surface area contributed by atoms with Crippen molar-refractivity contribution in [3.05, 3.63) is 80.0 Å². The van der Waals surface area contributed by atoms with Gasteiger partial charge in [-0.15, -0.1) is 0 Å².